The highest BCUT2D eigenvalue weighted by Gasteiger charge is 2.41. The summed E-state index contributed by atoms with van der Waals surface area (Å²) in [5, 5.41) is 9.23. The largest absolute Gasteiger partial charge is 0.454 e. The van der Waals surface area contributed by atoms with E-state index in [0.29, 0.717) is 27.8 Å². The van der Waals surface area contributed by atoms with Crippen LogP contribution in [0.15, 0.2) is 114 Å². The zero-order chi connectivity index (χ0) is 33.9. The lowest BCUT2D eigenvalue weighted by atomic mass is 10.0. The average Bonchev–Trinajstić information content (AvgIpc) is 3.73. The molecule has 4 aromatic carbocycles. The average molecular weight is 668 g/mol. The second-order valence-electron chi connectivity index (χ2n) is 11.1. The molecule has 0 aliphatic carbocycles. The van der Waals surface area contributed by atoms with Crippen LogP contribution in [0.5, 0.6) is 11.5 Å². The summed E-state index contributed by atoms with van der Waals surface area (Å²) < 4.78 is 16.1. The number of Topliss-reactive ketones (excluding diaryl/α,β-unsaturated/α-hetero) is 1. The van der Waals surface area contributed by atoms with E-state index in [1.54, 1.807) is 36.4 Å². The molecule has 1 unspecified atom stereocenters. The molecule has 11 heteroatoms. The van der Waals surface area contributed by atoms with Crippen molar-refractivity contribution in [2.75, 3.05) is 18.3 Å². The summed E-state index contributed by atoms with van der Waals surface area (Å²) in [6.07, 6.45) is -0.0947. The van der Waals surface area contributed by atoms with Gasteiger partial charge >= 0.3 is 5.97 Å². The smallest absolute Gasteiger partial charge is 0.338 e. The number of benzene rings is 4. The van der Waals surface area contributed by atoms with Crippen molar-refractivity contribution in [3.63, 3.8) is 0 Å². The number of hydrogen-bond donors (Lipinski definition) is 0. The van der Waals surface area contributed by atoms with E-state index in [1.807, 2.05) is 48.5 Å². The fourth-order valence-corrected chi connectivity index (χ4v) is 6.55. The van der Waals surface area contributed by atoms with Crippen molar-refractivity contribution in [3.8, 4) is 40.0 Å². The molecule has 10 nitrogen and oxygen atoms in total. The number of fused-ring (bicyclic) bond motifs is 1. The first kappa shape index (κ1) is 31.4. The van der Waals surface area contributed by atoms with Crippen LogP contribution in [0, 0.1) is 11.3 Å². The first-order chi connectivity index (χ1) is 23.9. The highest BCUT2D eigenvalue weighted by atomic mass is 32.2. The zero-order valence-corrected chi connectivity index (χ0v) is 26.5. The van der Waals surface area contributed by atoms with Gasteiger partial charge in [0.15, 0.2) is 23.9 Å². The summed E-state index contributed by atoms with van der Waals surface area (Å²) in [5.41, 5.74) is 4.43. The van der Waals surface area contributed by atoms with Gasteiger partial charge in [-0.05, 0) is 65.7 Å². The molecule has 3 heterocycles. The molecular formula is C38H25N3O7S. The van der Waals surface area contributed by atoms with Gasteiger partial charge in [-0.25, -0.2) is 14.7 Å². The zero-order valence-electron chi connectivity index (χ0n) is 25.7. The minimum absolute atomic E-state index is 0.0947. The van der Waals surface area contributed by atoms with Crippen LogP contribution < -0.4 is 14.4 Å². The van der Waals surface area contributed by atoms with Crippen LogP contribution >= 0.6 is 11.8 Å². The van der Waals surface area contributed by atoms with Crippen LogP contribution in [0.4, 0.5) is 5.69 Å². The Morgan fingerprint density at radius 2 is 1.53 bits per heavy atom. The van der Waals surface area contributed by atoms with Gasteiger partial charge in [0.25, 0.3) is 0 Å². The number of rotatable bonds is 9. The molecule has 49 heavy (non-hydrogen) atoms. The molecule has 0 saturated carbocycles. The number of amides is 2. The molecule has 240 valence electrons. The topological polar surface area (TPSA) is 136 Å². The number of pyridine rings is 1. The normalized spacial score (nSPS) is 14.8. The number of carbonyl (C=O) groups excluding carboxylic acids is 4. The number of nitrogens with zero attached hydrogens (tertiary/aromatic N) is 3. The summed E-state index contributed by atoms with van der Waals surface area (Å²) >= 11 is 1.05. The van der Waals surface area contributed by atoms with E-state index < -0.39 is 29.6 Å². The number of ether oxygens (including phenoxy) is 3. The molecule has 2 aliphatic rings. The first-order valence-electron chi connectivity index (χ1n) is 15.2. The van der Waals surface area contributed by atoms with E-state index >= 15 is 0 Å². The minimum Gasteiger partial charge on any atom is -0.454 e. The van der Waals surface area contributed by atoms with Gasteiger partial charge in [0.1, 0.15) is 11.1 Å². The Kier molecular flexibility index (Phi) is 8.62. The van der Waals surface area contributed by atoms with Gasteiger partial charge in [-0.1, -0.05) is 66.4 Å². The van der Waals surface area contributed by atoms with Gasteiger partial charge < -0.3 is 14.2 Å². The number of imide groups is 1. The SMILES string of the molecule is N#Cc1ccc(-c2ccc3c(c2)OCO3)nc1SC1CC(=O)N(c2ccc(C(=O)OCC(=O)c3ccc(-c4ccccc4)cc3)cc2)C1=O. The van der Waals surface area contributed by atoms with Crippen molar-refractivity contribution in [1.29, 1.82) is 5.26 Å². The van der Waals surface area contributed by atoms with E-state index in [4.69, 9.17) is 14.2 Å². The van der Waals surface area contributed by atoms with Crippen LogP contribution in [0.25, 0.3) is 22.4 Å². The van der Waals surface area contributed by atoms with E-state index in [0.717, 1.165) is 33.4 Å². The third-order valence-electron chi connectivity index (χ3n) is 8.02. The van der Waals surface area contributed by atoms with Crippen LogP contribution in [0.3, 0.4) is 0 Å². The minimum atomic E-state index is -0.809. The summed E-state index contributed by atoms with van der Waals surface area (Å²) in [4.78, 5) is 57.6. The Labute approximate surface area is 284 Å². The standard InChI is InChI=1S/C38H25N3O7S/c39-20-28-12-16-30(27-13-17-32-33(18-27)48-22-47-32)40-36(28)49-34-19-35(43)41(37(34)44)29-14-10-26(11-15-29)38(45)46-21-31(42)25-8-6-24(7-9-25)23-4-2-1-3-5-23/h1-18,34H,19,21-22H2. The number of ketones is 1. The highest BCUT2D eigenvalue weighted by molar-refractivity contribution is 8.00. The van der Waals surface area contributed by atoms with Crippen molar-refractivity contribution in [1.82, 2.24) is 4.98 Å². The molecular weight excluding hydrogens is 642 g/mol. The number of esters is 1. The third-order valence-corrected chi connectivity index (χ3v) is 9.21. The molecule has 5 aromatic rings. The Bertz CT molecular complexity index is 2150. The van der Waals surface area contributed by atoms with Gasteiger partial charge in [-0.2, -0.15) is 5.26 Å². The summed E-state index contributed by atoms with van der Waals surface area (Å²) in [6.45, 7) is -0.309. The quantitative estimate of drug-likeness (QED) is 0.0976. The van der Waals surface area contributed by atoms with Crippen molar-refractivity contribution >= 4 is 41.0 Å². The van der Waals surface area contributed by atoms with Crippen LogP contribution in [0.2, 0.25) is 0 Å². The Morgan fingerprint density at radius 1 is 0.837 bits per heavy atom. The second kappa shape index (κ2) is 13.5. The molecule has 0 spiro atoms. The summed E-state index contributed by atoms with van der Waals surface area (Å²) in [5.74, 6) is -0.742. The van der Waals surface area contributed by atoms with Crippen LogP contribution in [0.1, 0.15) is 32.7 Å². The lowest BCUT2D eigenvalue weighted by Gasteiger charge is -2.15. The molecule has 0 radical (unpaired) electrons. The van der Waals surface area contributed by atoms with Crippen LogP contribution in [-0.2, 0) is 14.3 Å². The number of hydrogen-bond acceptors (Lipinski definition) is 10. The van der Waals surface area contributed by atoms with Crippen molar-refractivity contribution < 1.29 is 33.4 Å². The third kappa shape index (κ3) is 6.50. The van der Waals surface area contributed by atoms with Crippen molar-refractivity contribution in [2.45, 2.75) is 16.7 Å². The molecule has 2 aliphatic heterocycles. The second-order valence-corrected chi connectivity index (χ2v) is 12.3. The molecule has 0 N–H and O–H groups in total. The van der Waals surface area contributed by atoms with Crippen molar-refractivity contribution in [2.24, 2.45) is 0 Å². The number of aromatic nitrogens is 1. The number of carbonyl (C=O) groups is 4. The number of nitriles is 1. The monoisotopic (exact) mass is 667 g/mol. The van der Waals surface area contributed by atoms with E-state index in [1.165, 1.54) is 24.3 Å². The Balaban J connectivity index is 0.985. The van der Waals surface area contributed by atoms with E-state index in [9.17, 15) is 24.4 Å². The lowest BCUT2D eigenvalue weighted by Crippen LogP contribution is -2.31. The van der Waals surface area contributed by atoms with Gasteiger partial charge in [0, 0.05) is 17.5 Å². The molecule has 1 atom stereocenters. The predicted molar refractivity (Wildman–Crippen MR) is 180 cm³/mol. The fraction of sp³-hybridized carbons (Fsp3) is 0.105. The highest BCUT2D eigenvalue weighted by Crippen LogP contribution is 2.38. The molecule has 7 rings (SSSR count). The Morgan fingerprint density at radius 3 is 2.29 bits per heavy atom. The number of thioether (sulfide) groups is 1. The van der Waals surface area contributed by atoms with Crippen LogP contribution in [-0.4, -0.2) is 47.2 Å². The summed E-state index contributed by atoms with van der Waals surface area (Å²) in [6, 6.07) is 33.5. The molecule has 2 amide bonds. The van der Waals surface area contributed by atoms with Gasteiger partial charge in [-0.15, -0.1) is 0 Å². The molecule has 1 fully saturated rings. The van der Waals surface area contributed by atoms with Gasteiger partial charge in [0.05, 0.1) is 27.8 Å². The molecule has 1 aromatic heterocycles. The molecule has 1 saturated heterocycles. The van der Waals surface area contributed by atoms with Gasteiger partial charge in [-0.3, -0.25) is 14.4 Å². The van der Waals surface area contributed by atoms with E-state index in [-0.39, 0.29) is 35.8 Å². The maximum atomic E-state index is 13.4. The predicted octanol–water partition coefficient (Wildman–Crippen LogP) is 6.48. The summed E-state index contributed by atoms with van der Waals surface area (Å²) in [7, 11) is 0. The first-order valence-corrected chi connectivity index (χ1v) is 16.1. The molecule has 0 bridgehead atoms. The fourth-order valence-electron chi connectivity index (χ4n) is 5.46. The maximum absolute atomic E-state index is 13.4. The maximum Gasteiger partial charge on any atom is 0.338 e. The number of anilines is 1. The van der Waals surface area contributed by atoms with E-state index in [2.05, 4.69) is 11.1 Å². The van der Waals surface area contributed by atoms with Gasteiger partial charge in [0.2, 0.25) is 18.6 Å². The lowest BCUT2D eigenvalue weighted by molar-refractivity contribution is -0.121. The Hall–Kier alpha value is -6.25. The van der Waals surface area contributed by atoms with Crippen molar-refractivity contribution in [3.05, 3.63) is 126 Å².